The van der Waals surface area contributed by atoms with Crippen molar-refractivity contribution in [3.8, 4) is 11.1 Å². The highest BCUT2D eigenvalue weighted by Gasteiger charge is 2.27. The summed E-state index contributed by atoms with van der Waals surface area (Å²) in [4.78, 5) is 0. The number of benzene rings is 2. The summed E-state index contributed by atoms with van der Waals surface area (Å²) < 4.78 is 5.65. The lowest BCUT2D eigenvalue weighted by molar-refractivity contribution is 0.484. The molecule has 0 spiro atoms. The predicted octanol–water partition coefficient (Wildman–Crippen LogP) is 6.48. The van der Waals surface area contributed by atoms with Crippen molar-refractivity contribution in [2.75, 3.05) is 12.4 Å². The number of hydrogen-bond acceptors (Lipinski definition) is 2. The molecule has 1 atom stereocenters. The predicted molar refractivity (Wildman–Crippen MR) is 113 cm³/mol. The maximum absolute atomic E-state index is 6.60. The summed E-state index contributed by atoms with van der Waals surface area (Å²) in [5.74, 6) is 1.53. The fourth-order valence-corrected chi connectivity index (χ4v) is 5.01. The molecule has 2 nitrogen and oxygen atoms in total. The zero-order valence-electron chi connectivity index (χ0n) is 15.4. The van der Waals surface area contributed by atoms with E-state index in [0.29, 0.717) is 5.92 Å². The van der Waals surface area contributed by atoms with Gasteiger partial charge in [0.2, 0.25) is 0 Å². The van der Waals surface area contributed by atoms with E-state index in [2.05, 4.69) is 41.7 Å². The number of allylic oxidation sites excluding steroid dienone is 1. The Hall–Kier alpha value is -2.45. The summed E-state index contributed by atoms with van der Waals surface area (Å²) in [6.07, 6.45) is 10.4. The topological polar surface area (TPSA) is 25.2 Å². The van der Waals surface area contributed by atoms with Crippen LogP contribution in [-0.4, -0.2) is 7.05 Å². The molecular weight excluding hydrogens is 354 g/mol. The molecule has 2 aromatic carbocycles. The summed E-state index contributed by atoms with van der Waals surface area (Å²) in [5.41, 5.74) is 9.31. The van der Waals surface area contributed by atoms with Crippen LogP contribution in [0, 0.1) is 0 Å². The third kappa shape index (κ3) is 2.80. The second-order valence-electron chi connectivity index (χ2n) is 7.45. The molecule has 0 saturated heterocycles. The van der Waals surface area contributed by atoms with Gasteiger partial charge in [0.1, 0.15) is 5.76 Å². The third-order valence-electron chi connectivity index (χ3n) is 5.94. The summed E-state index contributed by atoms with van der Waals surface area (Å²) in [6.45, 7) is 0. The van der Waals surface area contributed by atoms with Crippen molar-refractivity contribution >= 4 is 23.4 Å². The van der Waals surface area contributed by atoms with Gasteiger partial charge in [-0.1, -0.05) is 35.9 Å². The molecule has 3 heteroatoms. The lowest BCUT2D eigenvalue weighted by Crippen LogP contribution is -2.15. The Morgan fingerprint density at radius 1 is 1.11 bits per heavy atom. The van der Waals surface area contributed by atoms with Crippen molar-refractivity contribution in [2.24, 2.45) is 0 Å². The third-order valence-corrected chi connectivity index (χ3v) is 6.28. The molecule has 1 N–H and O–H groups in total. The van der Waals surface area contributed by atoms with E-state index in [9.17, 15) is 0 Å². The molecule has 0 amide bonds. The average Bonchev–Trinajstić information content (AvgIpc) is 3.20. The Kier molecular flexibility index (Phi) is 4.09. The van der Waals surface area contributed by atoms with Crippen LogP contribution >= 0.6 is 11.6 Å². The van der Waals surface area contributed by atoms with Gasteiger partial charge in [0.05, 0.1) is 6.26 Å². The highest BCUT2D eigenvalue weighted by atomic mass is 35.5. The molecule has 1 heterocycles. The Balaban J connectivity index is 1.66. The van der Waals surface area contributed by atoms with Crippen LogP contribution < -0.4 is 5.32 Å². The number of anilines is 1. The van der Waals surface area contributed by atoms with Crippen LogP contribution in [0.25, 0.3) is 17.2 Å². The summed E-state index contributed by atoms with van der Waals surface area (Å²) in [5, 5.41) is 4.11. The molecule has 2 aliphatic rings. The quantitative estimate of drug-likeness (QED) is 0.566. The summed E-state index contributed by atoms with van der Waals surface area (Å²) in [7, 11) is 1.94. The van der Waals surface area contributed by atoms with E-state index in [4.69, 9.17) is 16.0 Å². The highest BCUT2D eigenvalue weighted by Crippen LogP contribution is 2.45. The minimum absolute atomic E-state index is 0.468. The first-order chi connectivity index (χ1) is 13.2. The van der Waals surface area contributed by atoms with E-state index in [1.807, 2.05) is 19.2 Å². The zero-order chi connectivity index (χ0) is 18.4. The van der Waals surface area contributed by atoms with Gasteiger partial charge in [-0.3, -0.25) is 0 Å². The Morgan fingerprint density at radius 3 is 2.81 bits per heavy atom. The van der Waals surface area contributed by atoms with Crippen LogP contribution in [-0.2, 0) is 19.3 Å². The van der Waals surface area contributed by atoms with Gasteiger partial charge in [0.25, 0.3) is 0 Å². The fraction of sp³-hybridized carbons (Fsp3) is 0.250. The van der Waals surface area contributed by atoms with E-state index in [1.54, 1.807) is 6.26 Å². The fourth-order valence-electron chi connectivity index (χ4n) is 4.69. The molecule has 3 aromatic rings. The first-order valence-electron chi connectivity index (χ1n) is 9.60. The van der Waals surface area contributed by atoms with E-state index < -0.39 is 0 Å². The molecule has 27 heavy (non-hydrogen) atoms. The maximum Gasteiger partial charge on any atom is 0.104 e. The lowest BCUT2D eigenvalue weighted by atomic mass is 9.75. The molecule has 0 bridgehead atoms. The normalized spacial score (nSPS) is 17.2. The number of halogens is 1. The molecule has 0 radical (unpaired) electrons. The maximum atomic E-state index is 6.60. The Morgan fingerprint density at radius 2 is 2.00 bits per heavy atom. The minimum atomic E-state index is 0.468. The van der Waals surface area contributed by atoms with Crippen molar-refractivity contribution < 1.29 is 4.42 Å². The van der Waals surface area contributed by atoms with Crippen LogP contribution in [0.2, 0.25) is 5.02 Å². The van der Waals surface area contributed by atoms with Crippen molar-refractivity contribution in [3.05, 3.63) is 81.8 Å². The van der Waals surface area contributed by atoms with E-state index >= 15 is 0 Å². The number of nitrogens with one attached hydrogen (secondary N) is 1. The van der Waals surface area contributed by atoms with Crippen LogP contribution in [0.3, 0.4) is 0 Å². The Bertz CT molecular complexity index is 1030. The van der Waals surface area contributed by atoms with Crippen molar-refractivity contribution in [1.29, 1.82) is 0 Å². The van der Waals surface area contributed by atoms with E-state index in [0.717, 1.165) is 42.2 Å². The number of rotatable bonds is 3. The van der Waals surface area contributed by atoms with Gasteiger partial charge < -0.3 is 9.73 Å². The summed E-state index contributed by atoms with van der Waals surface area (Å²) in [6, 6.07) is 12.9. The van der Waals surface area contributed by atoms with Crippen molar-refractivity contribution in [1.82, 2.24) is 0 Å². The monoisotopic (exact) mass is 375 g/mol. The van der Waals surface area contributed by atoms with Crippen LogP contribution in [0.1, 0.15) is 40.4 Å². The molecule has 1 unspecified atom stereocenters. The van der Waals surface area contributed by atoms with E-state index in [1.165, 1.54) is 33.4 Å². The van der Waals surface area contributed by atoms with Crippen LogP contribution in [0.4, 0.5) is 5.69 Å². The second-order valence-corrected chi connectivity index (χ2v) is 7.85. The van der Waals surface area contributed by atoms with Gasteiger partial charge in [0.15, 0.2) is 0 Å². The molecular formula is C24H22ClNO. The zero-order valence-corrected chi connectivity index (χ0v) is 16.1. The SMILES string of the molecule is CNc1cc(Cl)c2c(c1)-c1ccc3c(c1CC2)C(Cc1ccco1)CC=C3. The lowest BCUT2D eigenvalue weighted by Gasteiger charge is -2.30. The summed E-state index contributed by atoms with van der Waals surface area (Å²) >= 11 is 6.60. The first-order valence-corrected chi connectivity index (χ1v) is 9.97. The first kappa shape index (κ1) is 16.7. The number of hydrogen-bond donors (Lipinski definition) is 1. The van der Waals surface area contributed by atoms with Gasteiger partial charge in [-0.2, -0.15) is 0 Å². The smallest absolute Gasteiger partial charge is 0.104 e. The minimum Gasteiger partial charge on any atom is -0.469 e. The highest BCUT2D eigenvalue weighted by molar-refractivity contribution is 6.32. The van der Waals surface area contributed by atoms with Gasteiger partial charge >= 0.3 is 0 Å². The Labute approximate surface area is 164 Å². The molecule has 2 aliphatic carbocycles. The molecule has 0 aliphatic heterocycles. The molecule has 136 valence electrons. The average molecular weight is 376 g/mol. The second kappa shape index (κ2) is 6.61. The molecule has 1 aromatic heterocycles. The number of fused-ring (bicyclic) bond motifs is 5. The van der Waals surface area contributed by atoms with Crippen molar-refractivity contribution in [2.45, 2.75) is 31.6 Å². The molecule has 0 saturated carbocycles. The van der Waals surface area contributed by atoms with Gasteiger partial charge in [-0.05, 0) is 82.8 Å². The standard InChI is InChI=1S/C24H22ClNO/c1-26-17-13-22-19-8-7-15-4-2-5-16(12-18-6-3-11-27-18)24(15)21(19)10-9-20(22)23(25)14-17/h2-4,6-8,11,13-14,16,26H,5,9-10,12H2,1H3. The molecule has 0 fully saturated rings. The van der Waals surface area contributed by atoms with Gasteiger partial charge in [0, 0.05) is 24.2 Å². The van der Waals surface area contributed by atoms with Gasteiger partial charge in [-0.15, -0.1) is 0 Å². The largest absolute Gasteiger partial charge is 0.469 e. The van der Waals surface area contributed by atoms with Gasteiger partial charge in [-0.25, -0.2) is 0 Å². The van der Waals surface area contributed by atoms with Crippen molar-refractivity contribution in [3.63, 3.8) is 0 Å². The van der Waals surface area contributed by atoms with E-state index in [-0.39, 0.29) is 0 Å². The molecule has 5 rings (SSSR count). The van der Waals surface area contributed by atoms with Crippen LogP contribution in [0.15, 0.2) is 53.2 Å². The number of furan rings is 1. The van der Waals surface area contributed by atoms with Crippen LogP contribution in [0.5, 0.6) is 0 Å².